The van der Waals surface area contributed by atoms with E-state index in [1.165, 1.54) is 121 Å². The van der Waals surface area contributed by atoms with Gasteiger partial charge in [0.25, 0.3) is 0 Å². The normalized spacial score (nSPS) is 11.8. The molecule has 12 rings (SSSR count). The molecular formula is C58H36. The van der Waals surface area contributed by atoms with Crippen molar-refractivity contribution < 1.29 is 0 Å². The maximum Gasteiger partial charge on any atom is -0.000719 e. The third-order valence-corrected chi connectivity index (χ3v) is 12.4. The minimum atomic E-state index is 1.21. The second-order valence-corrected chi connectivity index (χ2v) is 15.5. The molecule has 1 aliphatic rings. The summed E-state index contributed by atoms with van der Waals surface area (Å²) in [6.07, 6.45) is 0. The van der Waals surface area contributed by atoms with Crippen molar-refractivity contribution in [2.75, 3.05) is 0 Å². The highest BCUT2D eigenvalue weighted by molar-refractivity contribution is 6.33. The van der Waals surface area contributed by atoms with Crippen molar-refractivity contribution in [1.82, 2.24) is 0 Å². The number of fused-ring (bicyclic) bond motifs is 8. The van der Waals surface area contributed by atoms with Crippen LogP contribution >= 0.6 is 0 Å². The summed E-state index contributed by atoms with van der Waals surface area (Å²) in [7, 11) is 0. The van der Waals surface area contributed by atoms with Crippen LogP contribution in [-0.4, -0.2) is 0 Å². The lowest BCUT2D eigenvalue weighted by Gasteiger charge is -2.23. The molecule has 0 fully saturated rings. The second-order valence-electron chi connectivity index (χ2n) is 15.5. The third-order valence-electron chi connectivity index (χ3n) is 12.4. The van der Waals surface area contributed by atoms with Crippen LogP contribution in [0.4, 0.5) is 0 Å². The summed E-state index contributed by atoms with van der Waals surface area (Å²) in [6.45, 7) is 0. The number of hydrogen-bond acceptors (Lipinski definition) is 0. The maximum atomic E-state index is 2.52. The highest BCUT2D eigenvalue weighted by atomic mass is 14.3. The molecule has 0 nitrogen and oxygen atoms in total. The predicted octanol–water partition coefficient (Wildman–Crippen LogP) is 16.3. The van der Waals surface area contributed by atoms with Crippen molar-refractivity contribution in [2.24, 2.45) is 0 Å². The Bertz CT molecular complexity index is 3380. The molecule has 0 spiro atoms. The predicted molar refractivity (Wildman–Crippen MR) is 248 cm³/mol. The molecule has 0 unspecified atom stereocenters. The standard InChI is InChI=1S/C58H36/c1-6-19-37(20-7-1)46-33-50-44-31-18-32-45-56(44)53(36-49(50)43-30-17-16-29-42(43)46)58-55(41-27-14-5-15-28-41)52-35-48(39-23-10-3-11-24-39)47(38-21-8-2-9-22-38)34-51(52)54(57(45)58)40-25-12-4-13-26-40/h1-36H. The van der Waals surface area contributed by atoms with Gasteiger partial charge in [-0.05, 0) is 145 Å². The van der Waals surface area contributed by atoms with Crippen molar-refractivity contribution in [1.29, 1.82) is 0 Å². The Balaban J connectivity index is 1.30. The first-order chi connectivity index (χ1) is 28.8. The lowest BCUT2D eigenvalue weighted by atomic mass is 9.80. The molecule has 0 saturated carbocycles. The molecule has 0 atom stereocenters. The summed E-state index contributed by atoms with van der Waals surface area (Å²) in [4.78, 5) is 0. The van der Waals surface area contributed by atoms with E-state index in [0.717, 1.165) is 0 Å². The SMILES string of the molecule is c1ccc(-c2cc3c(-c4ccccc4)c4c(c(-c5ccccc5)c3cc2-c2ccccc2)-c2cc3c5ccccc5c(-c5ccccc5)cc3c3cccc-4c23)cc1. The van der Waals surface area contributed by atoms with Crippen molar-refractivity contribution in [2.45, 2.75) is 0 Å². The maximum absolute atomic E-state index is 2.52. The van der Waals surface area contributed by atoms with E-state index in [-0.39, 0.29) is 0 Å². The zero-order valence-corrected chi connectivity index (χ0v) is 31.8. The van der Waals surface area contributed by atoms with Gasteiger partial charge in [0, 0.05) is 0 Å². The van der Waals surface area contributed by atoms with Crippen LogP contribution in [0.1, 0.15) is 0 Å². The molecule has 0 heterocycles. The molecule has 0 aromatic heterocycles. The van der Waals surface area contributed by atoms with Gasteiger partial charge in [0.05, 0.1) is 0 Å². The average molecular weight is 733 g/mol. The van der Waals surface area contributed by atoms with E-state index in [9.17, 15) is 0 Å². The van der Waals surface area contributed by atoms with Gasteiger partial charge >= 0.3 is 0 Å². The van der Waals surface area contributed by atoms with Crippen LogP contribution in [0.5, 0.6) is 0 Å². The molecule has 58 heavy (non-hydrogen) atoms. The Morgan fingerprint density at radius 3 is 1.05 bits per heavy atom. The number of benzene rings is 11. The lowest BCUT2D eigenvalue weighted by Crippen LogP contribution is -1.96. The highest BCUT2D eigenvalue weighted by Crippen LogP contribution is 2.60. The van der Waals surface area contributed by atoms with Gasteiger partial charge in [-0.2, -0.15) is 0 Å². The molecule has 1 aliphatic carbocycles. The summed E-state index contributed by atoms with van der Waals surface area (Å²) in [5.41, 5.74) is 17.6. The first-order valence-corrected chi connectivity index (χ1v) is 20.2. The van der Waals surface area contributed by atoms with E-state index in [1.807, 2.05) is 0 Å². The van der Waals surface area contributed by atoms with Crippen LogP contribution in [0.2, 0.25) is 0 Å². The molecule has 268 valence electrons. The molecule has 0 heteroatoms. The average Bonchev–Trinajstić information content (AvgIpc) is 3.63. The monoisotopic (exact) mass is 732 g/mol. The van der Waals surface area contributed by atoms with E-state index in [0.29, 0.717) is 0 Å². The van der Waals surface area contributed by atoms with Gasteiger partial charge in [-0.1, -0.05) is 194 Å². The second kappa shape index (κ2) is 13.0. The summed E-state index contributed by atoms with van der Waals surface area (Å²) < 4.78 is 0. The van der Waals surface area contributed by atoms with E-state index >= 15 is 0 Å². The molecule has 0 saturated heterocycles. The number of hydrogen-bond donors (Lipinski definition) is 0. The molecule has 11 aromatic carbocycles. The van der Waals surface area contributed by atoms with Crippen LogP contribution in [0.25, 0.3) is 121 Å². The fourth-order valence-corrected chi connectivity index (χ4v) is 9.92. The molecule has 0 bridgehead atoms. The van der Waals surface area contributed by atoms with E-state index in [2.05, 4.69) is 218 Å². The summed E-state index contributed by atoms with van der Waals surface area (Å²) in [6, 6.07) is 80.8. The van der Waals surface area contributed by atoms with Gasteiger partial charge in [0.1, 0.15) is 0 Å². The van der Waals surface area contributed by atoms with E-state index in [1.54, 1.807) is 0 Å². The first-order valence-electron chi connectivity index (χ1n) is 20.2. The Morgan fingerprint density at radius 2 is 0.534 bits per heavy atom. The number of rotatable bonds is 5. The van der Waals surface area contributed by atoms with Crippen LogP contribution < -0.4 is 0 Å². The van der Waals surface area contributed by atoms with Crippen LogP contribution in [-0.2, 0) is 0 Å². The fourth-order valence-electron chi connectivity index (χ4n) is 9.92. The Kier molecular flexibility index (Phi) is 7.33. The lowest BCUT2D eigenvalue weighted by molar-refractivity contribution is 1.59. The molecular weight excluding hydrogens is 697 g/mol. The summed E-state index contributed by atoms with van der Waals surface area (Å²) in [5, 5.41) is 10.3. The van der Waals surface area contributed by atoms with Crippen molar-refractivity contribution in [3.63, 3.8) is 0 Å². The molecule has 0 amide bonds. The Labute approximate surface area is 337 Å². The highest BCUT2D eigenvalue weighted by Gasteiger charge is 2.32. The summed E-state index contributed by atoms with van der Waals surface area (Å²) in [5.74, 6) is 0. The Hall–Kier alpha value is -7.54. The topological polar surface area (TPSA) is 0 Å². The smallest absolute Gasteiger partial charge is 0.000719 e. The molecule has 0 N–H and O–H groups in total. The quantitative estimate of drug-likeness (QED) is 0.155. The van der Waals surface area contributed by atoms with Crippen LogP contribution in [0, 0.1) is 0 Å². The largest absolute Gasteiger partial charge is 0.0622 e. The van der Waals surface area contributed by atoms with Gasteiger partial charge in [0.15, 0.2) is 0 Å². The Morgan fingerprint density at radius 1 is 0.172 bits per heavy atom. The van der Waals surface area contributed by atoms with Gasteiger partial charge in [-0.3, -0.25) is 0 Å². The van der Waals surface area contributed by atoms with Crippen LogP contribution in [0.3, 0.4) is 0 Å². The minimum absolute atomic E-state index is 1.21. The minimum Gasteiger partial charge on any atom is -0.0622 e. The van der Waals surface area contributed by atoms with Gasteiger partial charge < -0.3 is 0 Å². The molecule has 11 aromatic rings. The van der Waals surface area contributed by atoms with Gasteiger partial charge in [0.2, 0.25) is 0 Å². The van der Waals surface area contributed by atoms with E-state index < -0.39 is 0 Å². The van der Waals surface area contributed by atoms with Crippen molar-refractivity contribution in [3.8, 4) is 77.9 Å². The van der Waals surface area contributed by atoms with Gasteiger partial charge in [-0.25, -0.2) is 0 Å². The fraction of sp³-hybridized carbons (Fsp3) is 0. The molecule has 0 radical (unpaired) electrons. The third kappa shape index (κ3) is 4.89. The van der Waals surface area contributed by atoms with Crippen LogP contribution in [0.15, 0.2) is 218 Å². The van der Waals surface area contributed by atoms with Gasteiger partial charge in [-0.15, -0.1) is 0 Å². The molecule has 0 aliphatic heterocycles. The zero-order valence-electron chi connectivity index (χ0n) is 31.8. The first kappa shape index (κ1) is 32.7. The zero-order chi connectivity index (χ0) is 38.2. The van der Waals surface area contributed by atoms with E-state index in [4.69, 9.17) is 0 Å². The van der Waals surface area contributed by atoms with Crippen molar-refractivity contribution in [3.05, 3.63) is 218 Å². The van der Waals surface area contributed by atoms with Crippen molar-refractivity contribution >= 4 is 43.1 Å². The summed E-state index contributed by atoms with van der Waals surface area (Å²) >= 11 is 0.